The Morgan fingerprint density at radius 1 is 1.42 bits per heavy atom. The molecule has 2 unspecified atom stereocenters. The number of nitrogens with zero attached hydrogens (tertiary/aromatic N) is 1. The zero-order valence-electron chi connectivity index (χ0n) is 7.54. The van der Waals surface area contributed by atoms with Crippen molar-refractivity contribution in [1.29, 1.82) is 0 Å². The predicted molar refractivity (Wildman–Crippen MR) is 54.5 cm³/mol. The third kappa shape index (κ3) is 2.15. The fraction of sp³-hybridized carbons (Fsp3) is 1.00. The molecule has 2 nitrogen and oxygen atoms in total. The second kappa shape index (κ2) is 3.99. The first-order valence-corrected chi connectivity index (χ1v) is 6.06. The molecule has 2 fully saturated rings. The minimum absolute atomic E-state index is 0.457. The van der Waals surface area contributed by atoms with Gasteiger partial charge in [0.2, 0.25) is 0 Å². The van der Waals surface area contributed by atoms with Gasteiger partial charge in [-0.15, -0.1) is 0 Å². The van der Waals surface area contributed by atoms with Gasteiger partial charge < -0.3 is 10.6 Å². The molecule has 0 aromatic carbocycles. The fourth-order valence-electron chi connectivity index (χ4n) is 2.12. The van der Waals surface area contributed by atoms with Crippen molar-refractivity contribution in [1.82, 2.24) is 4.90 Å². The van der Waals surface area contributed by atoms with Crippen molar-refractivity contribution in [3.05, 3.63) is 0 Å². The van der Waals surface area contributed by atoms with E-state index in [9.17, 15) is 0 Å². The first-order chi connectivity index (χ1) is 5.84. The van der Waals surface area contributed by atoms with E-state index in [1.165, 1.54) is 37.4 Å². The molecule has 2 aliphatic heterocycles. The van der Waals surface area contributed by atoms with E-state index in [0.29, 0.717) is 6.04 Å². The van der Waals surface area contributed by atoms with Crippen molar-refractivity contribution >= 4 is 11.8 Å². The number of likely N-dealkylation sites (tertiary alicyclic amines) is 1. The highest BCUT2D eigenvalue weighted by atomic mass is 32.2. The molecule has 0 aliphatic carbocycles. The highest BCUT2D eigenvalue weighted by Crippen LogP contribution is 2.25. The summed E-state index contributed by atoms with van der Waals surface area (Å²) >= 11 is 2.11. The Morgan fingerprint density at radius 3 is 2.92 bits per heavy atom. The summed E-state index contributed by atoms with van der Waals surface area (Å²) in [6.07, 6.45) is 2.64. The zero-order valence-corrected chi connectivity index (χ0v) is 8.35. The molecule has 0 saturated carbocycles. The Balaban J connectivity index is 1.72. The third-order valence-corrected chi connectivity index (χ3v) is 4.08. The molecular formula is C9H18N2S. The summed E-state index contributed by atoms with van der Waals surface area (Å²) in [5.74, 6) is 3.72. The van der Waals surface area contributed by atoms with Crippen molar-refractivity contribution in [3.8, 4) is 0 Å². The van der Waals surface area contributed by atoms with Crippen LogP contribution in [0.15, 0.2) is 0 Å². The maximum Gasteiger partial charge on any atom is 0.0180 e. The lowest BCUT2D eigenvalue weighted by Crippen LogP contribution is -2.30. The van der Waals surface area contributed by atoms with E-state index in [1.807, 2.05) is 0 Å². The Bertz CT molecular complexity index is 145. The van der Waals surface area contributed by atoms with Gasteiger partial charge in [0.15, 0.2) is 0 Å². The normalized spacial score (nSPS) is 37.8. The summed E-state index contributed by atoms with van der Waals surface area (Å²) < 4.78 is 0. The van der Waals surface area contributed by atoms with Gasteiger partial charge in [-0.3, -0.25) is 0 Å². The molecule has 2 rings (SSSR count). The van der Waals surface area contributed by atoms with Crippen LogP contribution in [-0.4, -0.2) is 42.1 Å². The van der Waals surface area contributed by atoms with E-state index < -0.39 is 0 Å². The average Bonchev–Trinajstić information content (AvgIpc) is 2.63. The molecule has 12 heavy (non-hydrogen) atoms. The number of hydrogen-bond acceptors (Lipinski definition) is 3. The van der Waals surface area contributed by atoms with E-state index in [2.05, 4.69) is 16.7 Å². The van der Waals surface area contributed by atoms with Crippen molar-refractivity contribution in [2.45, 2.75) is 18.9 Å². The minimum atomic E-state index is 0.457. The second-order valence-corrected chi connectivity index (χ2v) is 5.19. The van der Waals surface area contributed by atoms with Crippen molar-refractivity contribution < 1.29 is 0 Å². The van der Waals surface area contributed by atoms with Crippen molar-refractivity contribution in [2.75, 3.05) is 31.1 Å². The first kappa shape index (κ1) is 8.85. The van der Waals surface area contributed by atoms with Crippen LogP contribution < -0.4 is 5.73 Å². The van der Waals surface area contributed by atoms with Crippen LogP contribution in [0.2, 0.25) is 0 Å². The van der Waals surface area contributed by atoms with E-state index in [4.69, 9.17) is 5.73 Å². The van der Waals surface area contributed by atoms with Crippen LogP contribution in [-0.2, 0) is 0 Å². The van der Waals surface area contributed by atoms with Crippen LogP contribution in [0, 0.1) is 5.92 Å². The summed E-state index contributed by atoms with van der Waals surface area (Å²) in [5.41, 5.74) is 5.85. The van der Waals surface area contributed by atoms with Gasteiger partial charge in [0.05, 0.1) is 0 Å². The summed E-state index contributed by atoms with van der Waals surface area (Å²) in [6.45, 7) is 3.68. The highest BCUT2D eigenvalue weighted by molar-refractivity contribution is 7.99. The summed E-state index contributed by atoms with van der Waals surface area (Å²) in [4.78, 5) is 2.54. The molecule has 70 valence electrons. The van der Waals surface area contributed by atoms with Crippen LogP contribution in [0.1, 0.15) is 12.8 Å². The van der Waals surface area contributed by atoms with Crippen molar-refractivity contribution in [2.24, 2.45) is 11.7 Å². The average molecular weight is 186 g/mol. The molecule has 0 spiro atoms. The standard InChI is InChI=1S/C9H18N2S/c10-9-1-3-11(6-9)5-8-2-4-12-7-8/h8-9H,1-7,10H2. The maximum absolute atomic E-state index is 5.85. The Hall–Kier alpha value is 0.270. The van der Waals surface area contributed by atoms with Crippen molar-refractivity contribution in [3.63, 3.8) is 0 Å². The molecular weight excluding hydrogens is 168 g/mol. The van der Waals surface area contributed by atoms with Gasteiger partial charge in [0, 0.05) is 19.1 Å². The lowest BCUT2D eigenvalue weighted by Gasteiger charge is -2.18. The smallest absolute Gasteiger partial charge is 0.0180 e. The fourth-order valence-corrected chi connectivity index (χ4v) is 3.39. The Kier molecular flexibility index (Phi) is 2.94. The first-order valence-electron chi connectivity index (χ1n) is 4.90. The van der Waals surface area contributed by atoms with Gasteiger partial charge in [0.25, 0.3) is 0 Å². The van der Waals surface area contributed by atoms with Gasteiger partial charge in [0.1, 0.15) is 0 Å². The van der Waals surface area contributed by atoms with Gasteiger partial charge >= 0.3 is 0 Å². The molecule has 2 saturated heterocycles. The molecule has 0 aromatic rings. The largest absolute Gasteiger partial charge is 0.326 e. The van der Waals surface area contributed by atoms with Crippen LogP contribution in [0.3, 0.4) is 0 Å². The van der Waals surface area contributed by atoms with E-state index in [0.717, 1.165) is 12.5 Å². The number of thioether (sulfide) groups is 1. The number of rotatable bonds is 2. The van der Waals surface area contributed by atoms with Gasteiger partial charge in [-0.1, -0.05) is 0 Å². The Morgan fingerprint density at radius 2 is 2.33 bits per heavy atom. The summed E-state index contributed by atoms with van der Waals surface area (Å²) in [5, 5.41) is 0. The molecule has 0 amide bonds. The second-order valence-electron chi connectivity index (χ2n) is 4.04. The maximum atomic E-state index is 5.85. The van der Waals surface area contributed by atoms with Gasteiger partial charge in [-0.05, 0) is 36.8 Å². The van der Waals surface area contributed by atoms with Gasteiger partial charge in [-0.2, -0.15) is 11.8 Å². The topological polar surface area (TPSA) is 29.3 Å². The lowest BCUT2D eigenvalue weighted by molar-refractivity contribution is 0.288. The molecule has 0 radical (unpaired) electrons. The molecule has 2 atom stereocenters. The van der Waals surface area contributed by atoms with Crippen LogP contribution in [0.4, 0.5) is 0 Å². The predicted octanol–water partition coefficient (Wildman–Crippen LogP) is 0.772. The molecule has 0 aromatic heterocycles. The SMILES string of the molecule is NC1CCN(CC2CCSC2)C1. The summed E-state index contributed by atoms with van der Waals surface area (Å²) in [7, 11) is 0. The van der Waals surface area contributed by atoms with Crippen LogP contribution >= 0.6 is 11.8 Å². The highest BCUT2D eigenvalue weighted by Gasteiger charge is 2.23. The molecule has 2 heterocycles. The molecule has 3 heteroatoms. The van der Waals surface area contributed by atoms with Crippen LogP contribution in [0.5, 0.6) is 0 Å². The molecule has 2 aliphatic rings. The van der Waals surface area contributed by atoms with Gasteiger partial charge in [-0.25, -0.2) is 0 Å². The monoisotopic (exact) mass is 186 g/mol. The Labute approximate surface area is 78.9 Å². The molecule has 0 bridgehead atoms. The number of hydrogen-bond donors (Lipinski definition) is 1. The van der Waals surface area contributed by atoms with E-state index in [1.54, 1.807) is 0 Å². The van der Waals surface area contributed by atoms with E-state index in [-0.39, 0.29) is 0 Å². The third-order valence-electron chi connectivity index (χ3n) is 2.85. The number of nitrogens with two attached hydrogens (primary N) is 1. The lowest BCUT2D eigenvalue weighted by atomic mass is 10.1. The van der Waals surface area contributed by atoms with E-state index >= 15 is 0 Å². The summed E-state index contributed by atoms with van der Waals surface area (Å²) in [6, 6.07) is 0.457. The zero-order chi connectivity index (χ0) is 8.39. The van der Waals surface area contributed by atoms with Crippen LogP contribution in [0.25, 0.3) is 0 Å². The quantitative estimate of drug-likeness (QED) is 0.691. The molecule has 2 N–H and O–H groups in total. The minimum Gasteiger partial charge on any atom is -0.326 e.